The van der Waals surface area contributed by atoms with Crippen molar-refractivity contribution in [3.63, 3.8) is 0 Å². The second-order valence-corrected chi connectivity index (χ2v) is 11.4. The van der Waals surface area contributed by atoms with E-state index in [1.807, 2.05) is 0 Å². The van der Waals surface area contributed by atoms with Gasteiger partial charge in [-0.05, 0) is 50.7 Å². The number of pyridine rings is 2. The summed E-state index contributed by atoms with van der Waals surface area (Å²) < 4.78 is 0. The highest BCUT2D eigenvalue weighted by Gasteiger charge is 2.25. The Morgan fingerprint density at radius 2 is 1.28 bits per heavy atom. The van der Waals surface area contributed by atoms with Crippen molar-refractivity contribution in [2.24, 2.45) is 10.9 Å². The van der Waals surface area contributed by atoms with Crippen LogP contribution in [0, 0.1) is 5.92 Å². The van der Waals surface area contributed by atoms with E-state index in [9.17, 15) is 0 Å². The first-order chi connectivity index (χ1) is 19.3. The summed E-state index contributed by atoms with van der Waals surface area (Å²) in [5.41, 5.74) is 4.69. The number of anilines is 3. The summed E-state index contributed by atoms with van der Waals surface area (Å²) in [7, 11) is 0. The molecule has 2 aliphatic heterocycles. The van der Waals surface area contributed by atoms with Gasteiger partial charge in [-0.15, -0.1) is 0 Å². The molecule has 3 fully saturated rings. The van der Waals surface area contributed by atoms with Gasteiger partial charge >= 0.3 is 0 Å². The minimum Gasteiger partial charge on any atom is -0.371 e. The predicted molar refractivity (Wildman–Crippen MR) is 164 cm³/mol. The molecule has 1 unspecified atom stereocenters. The molecule has 1 aliphatic carbocycles. The zero-order chi connectivity index (χ0) is 26.0. The highest BCUT2D eigenvalue weighted by Crippen LogP contribution is 2.34. The van der Waals surface area contributed by atoms with E-state index in [1.165, 1.54) is 60.7 Å². The first-order valence-corrected chi connectivity index (χ1v) is 14.9. The van der Waals surface area contributed by atoms with Crippen molar-refractivity contribution >= 4 is 51.0 Å². The number of aliphatic imine (C=N–C) groups is 1. The molecule has 200 valence electrons. The summed E-state index contributed by atoms with van der Waals surface area (Å²) >= 11 is 0. The molecule has 1 saturated carbocycles. The van der Waals surface area contributed by atoms with E-state index in [4.69, 9.17) is 15.0 Å². The Balaban J connectivity index is 1.16. The van der Waals surface area contributed by atoms with Crippen LogP contribution in [-0.4, -0.2) is 48.4 Å². The minimum absolute atomic E-state index is 0.320. The molecule has 6 heteroatoms. The second-order valence-electron chi connectivity index (χ2n) is 11.4. The molecule has 0 bridgehead atoms. The Kier molecular flexibility index (Phi) is 6.77. The number of rotatable bonds is 6. The van der Waals surface area contributed by atoms with Gasteiger partial charge in [0.2, 0.25) is 0 Å². The highest BCUT2D eigenvalue weighted by molar-refractivity contribution is 5.94. The summed E-state index contributed by atoms with van der Waals surface area (Å²) in [5.74, 6) is 2.16. The van der Waals surface area contributed by atoms with Gasteiger partial charge in [0.25, 0.3) is 0 Å². The maximum Gasteiger partial charge on any atom is 0.154 e. The second kappa shape index (κ2) is 10.8. The Labute approximate surface area is 231 Å². The number of nitrogens with one attached hydrogen (secondary N) is 1. The fraction of sp³-hybridized carbons (Fsp3) is 0.424. The normalized spacial score (nSPS) is 21.9. The zero-order valence-electron chi connectivity index (χ0n) is 22.7. The Morgan fingerprint density at radius 1 is 0.692 bits per heavy atom. The Bertz CT molecular complexity index is 1480. The summed E-state index contributed by atoms with van der Waals surface area (Å²) in [5, 5.41) is 6.33. The van der Waals surface area contributed by atoms with Gasteiger partial charge in [-0.3, -0.25) is 0 Å². The molecule has 0 radical (unpaired) electrons. The van der Waals surface area contributed by atoms with Crippen LogP contribution < -0.4 is 15.1 Å². The van der Waals surface area contributed by atoms with Gasteiger partial charge in [0.15, 0.2) is 5.82 Å². The topological polar surface area (TPSA) is 56.7 Å². The van der Waals surface area contributed by atoms with Crippen LogP contribution >= 0.6 is 0 Å². The number of hydrogen-bond acceptors (Lipinski definition) is 6. The highest BCUT2D eigenvalue weighted by atomic mass is 15.2. The lowest BCUT2D eigenvalue weighted by Crippen LogP contribution is -2.33. The summed E-state index contributed by atoms with van der Waals surface area (Å²) in [4.78, 5) is 20.0. The van der Waals surface area contributed by atoms with Gasteiger partial charge < -0.3 is 15.1 Å². The van der Waals surface area contributed by atoms with Crippen LogP contribution in [0.15, 0.2) is 65.7 Å². The largest absolute Gasteiger partial charge is 0.371 e. The maximum atomic E-state index is 5.04. The van der Waals surface area contributed by atoms with Crippen molar-refractivity contribution in [1.29, 1.82) is 0 Å². The number of hydrogen-bond donors (Lipinski definition) is 1. The molecule has 39 heavy (non-hydrogen) atoms. The molecule has 3 aliphatic rings. The van der Waals surface area contributed by atoms with Crippen molar-refractivity contribution in [1.82, 2.24) is 9.97 Å². The van der Waals surface area contributed by atoms with E-state index in [1.54, 1.807) is 0 Å². The number of para-hydroxylation sites is 2. The molecule has 6 nitrogen and oxygen atoms in total. The third-order valence-corrected chi connectivity index (χ3v) is 8.82. The lowest BCUT2D eigenvalue weighted by molar-refractivity contribution is 0.405. The lowest BCUT2D eigenvalue weighted by atomic mass is 9.85. The molecule has 2 saturated heterocycles. The summed E-state index contributed by atoms with van der Waals surface area (Å²) in [6, 6.07) is 21.9. The van der Waals surface area contributed by atoms with Gasteiger partial charge in [0, 0.05) is 78.6 Å². The van der Waals surface area contributed by atoms with Crippen LogP contribution in [-0.2, 0) is 0 Å². The van der Waals surface area contributed by atoms with Gasteiger partial charge in [0.1, 0.15) is 5.82 Å². The van der Waals surface area contributed by atoms with Crippen LogP contribution in [0.5, 0.6) is 0 Å². The van der Waals surface area contributed by atoms with Gasteiger partial charge in [-0.1, -0.05) is 49.2 Å². The van der Waals surface area contributed by atoms with E-state index < -0.39 is 0 Å². The molecule has 1 N–H and O–H groups in total. The maximum absolute atomic E-state index is 5.04. The molecule has 0 amide bonds. The van der Waals surface area contributed by atoms with E-state index in [2.05, 4.69) is 82.0 Å². The van der Waals surface area contributed by atoms with Gasteiger partial charge in [0.05, 0.1) is 11.0 Å². The number of benzene rings is 2. The van der Waals surface area contributed by atoms with E-state index in [0.717, 1.165) is 61.7 Å². The number of nitrogens with zero attached hydrogens (tertiary/aromatic N) is 5. The first kappa shape index (κ1) is 24.4. The van der Waals surface area contributed by atoms with Crippen molar-refractivity contribution in [3.8, 4) is 0 Å². The molecule has 4 aromatic rings. The van der Waals surface area contributed by atoms with Gasteiger partial charge in [-0.2, -0.15) is 0 Å². The molecule has 4 heterocycles. The fourth-order valence-corrected chi connectivity index (χ4v) is 6.76. The Hall–Kier alpha value is -3.67. The predicted octanol–water partition coefficient (Wildman–Crippen LogP) is 7.36. The first-order valence-electron chi connectivity index (χ1n) is 14.9. The third-order valence-electron chi connectivity index (χ3n) is 8.82. The van der Waals surface area contributed by atoms with Crippen molar-refractivity contribution in [2.75, 3.05) is 41.3 Å². The van der Waals surface area contributed by atoms with E-state index in [0.29, 0.717) is 12.0 Å². The summed E-state index contributed by atoms with van der Waals surface area (Å²) in [6.07, 6.45) is 12.0. The molecule has 2 atom stereocenters. The average molecular weight is 519 g/mol. The number of fused-ring (bicyclic) bond motifs is 2. The zero-order valence-corrected chi connectivity index (χ0v) is 22.7. The molecule has 2 aromatic carbocycles. The quantitative estimate of drug-likeness (QED) is 0.270. The van der Waals surface area contributed by atoms with Crippen LogP contribution in [0.4, 0.5) is 23.0 Å². The standard InChI is InChI=1S/C33H38N6/c1-4-14-27(35-33-22-31(39-19-9-10-20-39)26-13-3-6-16-29(26)37-33)24(11-1)23-34-32-21-30(38-17-7-8-18-38)25-12-2-5-15-28(25)36-32/h2-3,5-6,12-13,15-16,21-24,27H,1,4,7-11,14,17-20H2,(H,35,37)/t24?,27-/m1/s1. The van der Waals surface area contributed by atoms with Crippen molar-refractivity contribution < 1.29 is 0 Å². The fourth-order valence-electron chi connectivity index (χ4n) is 6.76. The average Bonchev–Trinajstić information content (AvgIpc) is 3.71. The molecular weight excluding hydrogens is 480 g/mol. The van der Waals surface area contributed by atoms with E-state index >= 15 is 0 Å². The van der Waals surface area contributed by atoms with Crippen LogP contribution in [0.1, 0.15) is 51.4 Å². The van der Waals surface area contributed by atoms with E-state index in [-0.39, 0.29) is 0 Å². The van der Waals surface area contributed by atoms with Gasteiger partial charge in [-0.25, -0.2) is 15.0 Å². The smallest absolute Gasteiger partial charge is 0.154 e. The molecular formula is C33H38N6. The van der Waals surface area contributed by atoms with Crippen LogP contribution in [0.25, 0.3) is 21.8 Å². The van der Waals surface area contributed by atoms with Crippen LogP contribution in [0.3, 0.4) is 0 Å². The third kappa shape index (κ3) is 5.05. The Morgan fingerprint density at radius 3 is 1.97 bits per heavy atom. The lowest BCUT2D eigenvalue weighted by Gasteiger charge is -2.31. The monoisotopic (exact) mass is 518 g/mol. The molecule has 2 aromatic heterocycles. The minimum atomic E-state index is 0.320. The van der Waals surface area contributed by atoms with Crippen molar-refractivity contribution in [3.05, 3.63) is 60.7 Å². The van der Waals surface area contributed by atoms with Crippen molar-refractivity contribution in [2.45, 2.75) is 57.4 Å². The number of aromatic nitrogens is 2. The summed E-state index contributed by atoms with van der Waals surface area (Å²) in [6.45, 7) is 4.49. The molecule has 0 spiro atoms. The molecule has 7 rings (SSSR count). The van der Waals surface area contributed by atoms with Crippen LogP contribution in [0.2, 0.25) is 0 Å². The SMILES string of the molecule is C(=Nc1cc(N2CCCC2)c2ccccc2n1)C1CCCC[C@H]1Nc1cc(N2CCCC2)c2ccccc2n1.